The summed E-state index contributed by atoms with van der Waals surface area (Å²) >= 11 is 4.87. The van der Waals surface area contributed by atoms with Crippen LogP contribution < -0.4 is 20.1 Å². The van der Waals surface area contributed by atoms with Crippen molar-refractivity contribution in [1.29, 1.82) is 0 Å². The second-order valence-electron chi connectivity index (χ2n) is 7.66. The first kappa shape index (κ1) is 23.2. The molecule has 2 N–H and O–H groups in total. The number of allylic oxidation sites excluding steroid dienone is 1. The van der Waals surface area contributed by atoms with Gasteiger partial charge in [0.05, 0.1) is 6.61 Å². The molecule has 1 fully saturated rings. The summed E-state index contributed by atoms with van der Waals surface area (Å²) in [6.45, 7) is 6.52. The minimum atomic E-state index is -0.548. The summed E-state index contributed by atoms with van der Waals surface area (Å²) in [6.07, 6.45) is 3.80. The number of nitrogens with one attached hydrogen (secondary N) is 2. The molecule has 7 heteroatoms. The molecule has 1 aliphatic heterocycles. The van der Waals surface area contributed by atoms with Crippen molar-refractivity contribution in [2.45, 2.75) is 20.0 Å². The fourth-order valence-electron chi connectivity index (χ4n) is 3.84. The van der Waals surface area contributed by atoms with Crippen molar-refractivity contribution in [2.24, 2.45) is 0 Å². The van der Waals surface area contributed by atoms with Crippen molar-refractivity contribution in [3.8, 4) is 11.5 Å². The summed E-state index contributed by atoms with van der Waals surface area (Å²) < 4.78 is 12.2. The van der Waals surface area contributed by atoms with Crippen molar-refractivity contribution in [3.63, 3.8) is 0 Å². The molecule has 6 nitrogen and oxygen atoms in total. The van der Waals surface area contributed by atoms with Crippen LogP contribution in [-0.2, 0) is 22.6 Å². The SMILES string of the molecule is C=CCc1cc(C=C2C(=O)NC(=S)NC2=O)cc(OCC)c1OCc1cccc2ccccc12. The minimum absolute atomic E-state index is 0.00770. The van der Waals surface area contributed by atoms with Crippen LogP contribution in [0.2, 0.25) is 0 Å². The largest absolute Gasteiger partial charge is 0.490 e. The maximum absolute atomic E-state index is 12.3. The van der Waals surface area contributed by atoms with Gasteiger partial charge in [0.25, 0.3) is 11.8 Å². The summed E-state index contributed by atoms with van der Waals surface area (Å²) in [5.41, 5.74) is 2.49. The van der Waals surface area contributed by atoms with E-state index < -0.39 is 11.8 Å². The van der Waals surface area contributed by atoms with Crippen LogP contribution in [-0.4, -0.2) is 23.5 Å². The summed E-state index contributed by atoms with van der Waals surface area (Å²) in [7, 11) is 0. The van der Waals surface area contributed by atoms with Crippen LogP contribution in [0, 0.1) is 0 Å². The van der Waals surface area contributed by atoms with E-state index in [1.807, 2.05) is 37.3 Å². The average Bonchev–Trinajstić information content (AvgIpc) is 2.81. The van der Waals surface area contributed by atoms with Gasteiger partial charge in [-0.2, -0.15) is 0 Å². The molecular formula is C27H24N2O4S. The molecule has 3 aromatic rings. The third kappa shape index (κ3) is 5.00. The summed E-state index contributed by atoms with van der Waals surface area (Å²) in [4.78, 5) is 24.5. The van der Waals surface area contributed by atoms with Gasteiger partial charge in [0.2, 0.25) is 0 Å². The van der Waals surface area contributed by atoms with Gasteiger partial charge in [-0.05, 0) is 65.7 Å². The number of hydrogen-bond donors (Lipinski definition) is 2. The molecule has 0 radical (unpaired) electrons. The van der Waals surface area contributed by atoms with Crippen LogP contribution in [0.1, 0.15) is 23.6 Å². The molecule has 0 bridgehead atoms. The van der Waals surface area contributed by atoms with Gasteiger partial charge in [0.1, 0.15) is 12.2 Å². The van der Waals surface area contributed by atoms with Gasteiger partial charge in [0.15, 0.2) is 16.6 Å². The maximum Gasteiger partial charge on any atom is 0.263 e. The minimum Gasteiger partial charge on any atom is -0.490 e. The van der Waals surface area contributed by atoms with Gasteiger partial charge < -0.3 is 9.47 Å². The van der Waals surface area contributed by atoms with Crippen molar-refractivity contribution < 1.29 is 19.1 Å². The highest BCUT2D eigenvalue weighted by Crippen LogP contribution is 2.36. The highest BCUT2D eigenvalue weighted by Gasteiger charge is 2.26. The lowest BCUT2D eigenvalue weighted by Gasteiger charge is -2.19. The van der Waals surface area contributed by atoms with Crippen LogP contribution in [0.15, 0.2) is 72.8 Å². The first-order valence-corrected chi connectivity index (χ1v) is 11.3. The van der Waals surface area contributed by atoms with Crippen LogP contribution in [0.3, 0.4) is 0 Å². The number of thiocarbonyl (C=S) groups is 1. The van der Waals surface area contributed by atoms with E-state index in [0.29, 0.717) is 36.7 Å². The number of benzene rings is 3. The van der Waals surface area contributed by atoms with Crippen LogP contribution in [0.5, 0.6) is 11.5 Å². The molecule has 1 saturated heterocycles. The van der Waals surface area contributed by atoms with E-state index in [-0.39, 0.29) is 10.7 Å². The number of rotatable bonds is 8. The Morgan fingerprint density at radius 3 is 2.44 bits per heavy atom. The Kier molecular flexibility index (Phi) is 7.04. The van der Waals surface area contributed by atoms with Gasteiger partial charge in [-0.3, -0.25) is 20.2 Å². The smallest absolute Gasteiger partial charge is 0.263 e. The number of hydrogen-bond acceptors (Lipinski definition) is 5. The van der Waals surface area contributed by atoms with Crippen LogP contribution in [0.25, 0.3) is 16.8 Å². The maximum atomic E-state index is 12.3. The third-order valence-electron chi connectivity index (χ3n) is 5.32. The molecule has 1 heterocycles. The van der Waals surface area contributed by atoms with Gasteiger partial charge in [-0.1, -0.05) is 48.5 Å². The normalized spacial score (nSPS) is 13.3. The molecule has 0 aromatic heterocycles. The van der Waals surface area contributed by atoms with E-state index in [9.17, 15) is 9.59 Å². The van der Waals surface area contributed by atoms with Crippen molar-refractivity contribution >= 4 is 46.0 Å². The number of fused-ring (bicyclic) bond motifs is 1. The number of carbonyl (C=O) groups is 2. The lowest BCUT2D eigenvalue weighted by molar-refractivity contribution is -0.123. The van der Waals surface area contributed by atoms with E-state index in [0.717, 1.165) is 21.9 Å². The van der Waals surface area contributed by atoms with Crippen molar-refractivity contribution in [3.05, 3.63) is 89.5 Å². The first-order chi connectivity index (χ1) is 16.5. The Morgan fingerprint density at radius 1 is 0.971 bits per heavy atom. The molecule has 2 amide bonds. The first-order valence-electron chi connectivity index (χ1n) is 10.9. The standard InChI is InChI=1S/C27H24N2O4S/c1-3-8-19-13-17(14-22-25(30)28-27(34)29-26(22)31)15-23(32-4-2)24(19)33-16-20-11-7-10-18-9-5-6-12-21(18)20/h3,5-7,9-15H,1,4,8,16H2,2H3,(H2,28,29,30,31,34). The molecule has 0 unspecified atom stereocenters. The molecule has 4 rings (SSSR count). The highest BCUT2D eigenvalue weighted by atomic mass is 32.1. The molecule has 0 saturated carbocycles. The zero-order valence-electron chi connectivity index (χ0n) is 18.7. The molecule has 0 atom stereocenters. The quantitative estimate of drug-likeness (QED) is 0.219. The molecule has 34 heavy (non-hydrogen) atoms. The summed E-state index contributed by atoms with van der Waals surface area (Å²) in [5, 5.41) is 7.15. The summed E-state index contributed by atoms with van der Waals surface area (Å²) in [5.74, 6) is 0.0400. The van der Waals surface area contributed by atoms with Crippen molar-refractivity contribution in [1.82, 2.24) is 10.6 Å². The topological polar surface area (TPSA) is 76.7 Å². The monoisotopic (exact) mass is 472 g/mol. The highest BCUT2D eigenvalue weighted by molar-refractivity contribution is 7.80. The van der Waals surface area contributed by atoms with Gasteiger partial charge >= 0.3 is 0 Å². The Labute approximate surface area is 203 Å². The number of amides is 2. The zero-order chi connectivity index (χ0) is 24.1. The number of carbonyl (C=O) groups excluding carboxylic acids is 2. The average molecular weight is 473 g/mol. The van der Waals surface area contributed by atoms with Gasteiger partial charge in [-0.25, -0.2) is 0 Å². The molecule has 172 valence electrons. The molecule has 3 aromatic carbocycles. The Morgan fingerprint density at radius 2 is 1.71 bits per heavy atom. The predicted octanol–water partition coefficient (Wildman–Crippen LogP) is 4.46. The van der Waals surface area contributed by atoms with E-state index in [1.54, 1.807) is 12.1 Å². The molecule has 0 aliphatic carbocycles. The Balaban J connectivity index is 1.71. The predicted molar refractivity (Wildman–Crippen MR) is 137 cm³/mol. The second-order valence-corrected chi connectivity index (χ2v) is 8.06. The van der Waals surface area contributed by atoms with E-state index >= 15 is 0 Å². The van der Waals surface area contributed by atoms with Gasteiger partial charge in [0, 0.05) is 5.56 Å². The van der Waals surface area contributed by atoms with Crippen LogP contribution >= 0.6 is 12.2 Å². The lowest BCUT2D eigenvalue weighted by Crippen LogP contribution is -2.51. The van der Waals surface area contributed by atoms with Gasteiger partial charge in [-0.15, -0.1) is 6.58 Å². The fraction of sp³-hybridized carbons (Fsp3) is 0.148. The number of ether oxygens (including phenoxy) is 2. The Bertz CT molecular complexity index is 1300. The lowest BCUT2D eigenvalue weighted by atomic mass is 10.0. The third-order valence-corrected chi connectivity index (χ3v) is 5.53. The van der Waals surface area contributed by atoms with E-state index in [2.05, 4.69) is 35.4 Å². The van der Waals surface area contributed by atoms with E-state index in [1.165, 1.54) is 6.08 Å². The Hall–Kier alpha value is -3.97. The van der Waals surface area contributed by atoms with Crippen molar-refractivity contribution in [2.75, 3.05) is 6.61 Å². The molecule has 1 aliphatic rings. The zero-order valence-corrected chi connectivity index (χ0v) is 19.5. The molecule has 0 spiro atoms. The van der Waals surface area contributed by atoms with E-state index in [4.69, 9.17) is 21.7 Å². The second kappa shape index (κ2) is 10.3. The van der Waals surface area contributed by atoms with Crippen LogP contribution in [0.4, 0.5) is 0 Å². The fourth-order valence-corrected chi connectivity index (χ4v) is 4.03. The molecular weight excluding hydrogens is 448 g/mol. The summed E-state index contributed by atoms with van der Waals surface area (Å²) in [6, 6.07) is 17.9.